The molecule has 0 saturated carbocycles. The highest BCUT2D eigenvalue weighted by atomic mass is 35.5. The molecule has 4 rings (SSSR count). The number of benzene rings is 3. The van der Waals surface area contributed by atoms with E-state index in [2.05, 4.69) is 4.98 Å². The summed E-state index contributed by atoms with van der Waals surface area (Å²) >= 11 is 6.08. The number of aromatic nitrogens is 1. The third-order valence-corrected chi connectivity index (χ3v) is 5.41. The number of carbonyl (C=O) groups excluding carboxylic acids is 1. The molecule has 1 aromatic heterocycles. The van der Waals surface area contributed by atoms with Crippen molar-refractivity contribution in [3.63, 3.8) is 0 Å². The van der Waals surface area contributed by atoms with Crippen molar-refractivity contribution in [1.82, 2.24) is 4.98 Å². The van der Waals surface area contributed by atoms with Crippen molar-refractivity contribution < 1.29 is 9.90 Å². The van der Waals surface area contributed by atoms with Crippen molar-refractivity contribution in [3.8, 4) is 5.75 Å². The van der Waals surface area contributed by atoms with Crippen LogP contribution in [0.2, 0.25) is 5.02 Å². The van der Waals surface area contributed by atoms with Crippen LogP contribution in [-0.4, -0.2) is 16.4 Å². The lowest BCUT2D eigenvalue weighted by Gasteiger charge is -2.30. The minimum absolute atomic E-state index is 0.156. The number of halogens is 1. The van der Waals surface area contributed by atoms with E-state index < -0.39 is 5.41 Å². The summed E-state index contributed by atoms with van der Waals surface area (Å²) in [5.74, 6) is 0.156. The number of hydrogen-bond acceptors (Lipinski definition) is 2. The van der Waals surface area contributed by atoms with Gasteiger partial charge in [-0.25, -0.2) is 0 Å². The molecule has 1 heterocycles. The van der Waals surface area contributed by atoms with Gasteiger partial charge in [0.05, 0.1) is 0 Å². The van der Waals surface area contributed by atoms with Gasteiger partial charge in [-0.15, -0.1) is 0 Å². The van der Waals surface area contributed by atoms with Gasteiger partial charge in [-0.05, 0) is 53.9 Å². The second-order valence-corrected chi connectivity index (χ2v) is 7.09. The fourth-order valence-corrected chi connectivity index (χ4v) is 3.89. The Balaban J connectivity index is 2.08. The molecule has 0 amide bonds. The van der Waals surface area contributed by atoms with E-state index in [0.29, 0.717) is 5.02 Å². The summed E-state index contributed by atoms with van der Waals surface area (Å²) < 4.78 is 0. The van der Waals surface area contributed by atoms with Crippen LogP contribution in [0.4, 0.5) is 0 Å². The van der Waals surface area contributed by atoms with Crippen molar-refractivity contribution >= 4 is 28.8 Å². The number of aldehydes is 1. The average Bonchev–Trinajstić information content (AvgIpc) is 3.03. The molecule has 3 aromatic carbocycles. The third-order valence-electron chi connectivity index (χ3n) is 5.16. The molecule has 134 valence electrons. The van der Waals surface area contributed by atoms with Crippen LogP contribution < -0.4 is 0 Å². The van der Waals surface area contributed by atoms with Crippen LogP contribution in [0.3, 0.4) is 0 Å². The van der Waals surface area contributed by atoms with Crippen molar-refractivity contribution in [2.75, 3.05) is 0 Å². The molecule has 4 aromatic rings. The highest BCUT2D eigenvalue weighted by Gasteiger charge is 2.39. The Labute approximate surface area is 162 Å². The number of carbonyl (C=O) groups is 1. The standard InChI is InChI=1S/C23H18ClNO2/c1-15-20-4-2-3-5-21(20)25-22(15)23(14-26,16-6-10-18(24)11-7-16)17-8-12-19(27)13-9-17/h2-14,25,27H,1H3/t23-/m1/s1. The van der Waals surface area contributed by atoms with Gasteiger partial charge in [0.15, 0.2) is 0 Å². The number of aromatic amines is 1. The number of H-pyrrole nitrogens is 1. The molecule has 0 unspecified atom stereocenters. The summed E-state index contributed by atoms with van der Waals surface area (Å²) in [6.07, 6.45) is 0.959. The van der Waals surface area contributed by atoms with Gasteiger partial charge in [-0.1, -0.05) is 54.1 Å². The first-order chi connectivity index (χ1) is 13.1. The SMILES string of the molecule is Cc1c([C@@](C=O)(c2ccc(O)cc2)c2ccc(Cl)cc2)[nH]c2ccccc12. The van der Waals surface area contributed by atoms with Crippen LogP contribution in [0, 0.1) is 6.92 Å². The van der Waals surface area contributed by atoms with E-state index in [1.54, 1.807) is 36.4 Å². The molecule has 0 aliphatic heterocycles. The Bertz CT molecular complexity index is 1070. The van der Waals surface area contributed by atoms with E-state index in [-0.39, 0.29) is 5.75 Å². The maximum atomic E-state index is 12.7. The van der Waals surface area contributed by atoms with Gasteiger partial charge in [0.2, 0.25) is 0 Å². The number of nitrogens with one attached hydrogen (secondary N) is 1. The number of para-hydroxylation sites is 1. The molecule has 0 spiro atoms. The van der Waals surface area contributed by atoms with Crippen molar-refractivity contribution in [1.29, 1.82) is 0 Å². The lowest BCUT2D eigenvalue weighted by Crippen LogP contribution is -2.32. The van der Waals surface area contributed by atoms with E-state index in [1.807, 2.05) is 43.3 Å². The molecule has 0 aliphatic carbocycles. The van der Waals surface area contributed by atoms with Gasteiger partial charge in [0.1, 0.15) is 17.5 Å². The molecule has 1 atom stereocenters. The number of hydrogen-bond donors (Lipinski definition) is 2. The number of aromatic hydroxyl groups is 1. The molecule has 0 bridgehead atoms. The van der Waals surface area contributed by atoms with Gasteiger partial charge in [0, 0.05) is 21.6 Å². The quantitative estimate of drug-likeness (QED) is 0.471. The summed E-state index contributed by atoms with van der Waals surface area (Å²) in [5.41, 5.74) is 3.34. The first kappa shape index (κ1) is 17.4. The van der Waals surface area contributed by atoms with E-state index in [1.165, 1.54) is 0 Å². The van der Waals surface area contributed by atoms with E-state index in [4.69, 9.17) is 11.6 Å². The molecule has 4 heteroatoms. The molecule has 0 aliphatic rings. The number of rotatable bonds is 4. The fourth-order valence-electron chi connectivity index (χ4n) is 3.76. The van der Waals surface area contributed by atoms with Gasteiger partial charge in [-0.3, -0.25) is 0 Å². The second-order valence-electron chi connectivity index (χ2n) is 6.65. The van der Waals surface area contributed by atoms with Crippen LogP contribution in [-0.2, 0) is 10.2 Å². The normalized spacial score (nSPS) is 13.4. The van der Waals surface area contributed by atoms with Crippen molar-refractivity contribution in [2.45, 2.75) is 12.3 Å². The van der Waals surface area contributed by atoms with Gasteiger partial charge in [0.25, 0.3) is 0 Å². The maximum absolute atomic E-state index is 12.7. The summed E-state index contributed by atoms with van der Waals surface area (Å²) in [7, 11) is 0. The molecule has 0 fully saturated rings. The smallest absolute Gasteiger partial charge is 0.140 e. The molecule has 0 saturated heterocycles. The highest BCUT2D eigenvalue weighted by molar-refractivity contribution is 6.30. The first-order valence-electron chi connectivity index (χ1n) is 8.66. The molecular formula is C23H18ClNO2. The molecule has 2 N–H and O–H groups in total. The predicted molar refractivity (Wildman–Crippen MR) is 109 cm³/mol. The number of aryl methyl sites for hydroxylation is 1. The molecular weight excluding hydrogens is 358 g/mol. The highest BCUT2D eigenvalue weighted by Crippen LogP contribution is 2.41. The Morgan fingerprint density at radius 1 is 0.926 bits per heavy atom. The van der Waals surface area contributed by atoms with Gasteiger partial charge < -0.3 is 14.9 Å². The number of phenols is 1. The minimum atomic E-state index is -1.04. The summed E-state index contributed by atoms with van der Waals surface area (Å²) in [5, 5.41) is 11.4. The maximum Gasteiger partial charge on any atom is 0.140 e. The fraction of sp³-hybridized carbons (Fsp3) is 0.0870. The first-order valence-corrected chi connectivity index (χ1v) is 9.04. The Kier molecular flexibility index (Phi) is 4.25. The Hall–Kier alpha value is -3.04. The van der Waals surface area contributed by atoms with E-state index >= 15 is 0 Å². The largest absolute Gasteiger partial charge is 0.508 e. The van der Waals surface area contributed by atoms with Crippen molar-refractivity contribution in [3.05, 3.63) is 100 Å². The average molecular weight is 376 g/mol. The Morgan fingerprint density at radius 2 is 1.52 bits per heavy atom. The number of phenolic OH excluding ortho intramolecular Hbond substituents is 1. The summed E-state index contributed by atoms with van der Waals surface area (Å²) in [6, 6.07) is 22.1. The number of fused-ring (bicyclic) bond motifs is 1. The Morgan fingerprint density at radius 3 is 2.11 bits per heavy atom. The van der Waals surface area contributed by atoms with Crippen LogP contribution in [0.15, 0.2) is 72.8 Å². The van der Waals surface area contributed by atoms with Gasteiger partial charge >= 0.3 is 0 Å². The predicted octanol–water partition coefficient (Wildman–Crippen LogP) is 5.37. The second kappa shape index (κ2) is 6.60. The molecule has 3 nitrogen and oxygen atoms in total. The van der Waals surface area contributed by atoms with E-state index in [0.717, 1.165) is 39.6 Å². The van der Waals surface area contributed by atoms with Gasteiger partial charge in [-0.2, -0.15) is 0 Å². The van der Waals surface area contributed by atoms with Crippen molar-refractivity contribution in [2.24, 2.45) is 0 Å². The van der Waals surface area contributed by atoms with E-state index in [9.17, 15) is 9.90 Å². The summed E-state index contributed by atoms with van der Waals surface area (Å²) in [6.45, 7) is 2.02. The van der Waals surface area contributed by atoms with Crippen LogP contribution in [0.1, 0.15) is 22.4 Å². The third kappa shape index (κ3) is 2.71. The lowest BCUT2D eigenvalue weighted by atomic mass is 9.72. The zero-order valence-electron chi connectivity index (χ0n) is 14.7. The lowest BCUT2D eigenvalue weighted by molar-refractivity contribution is -0.110. The molecule has 0 radical (unpaired) electrons. The summed E-state index contributed by atoms with van der Waals surface area (Å²) in [4.78, 5) is 16.2. The molecule has 27 heavy (non-hydrogen) atoms. The van der Waals surface area contributed by atoms with Crippen LogP contribution in [0.25, 0.3) is 10.9 Å². The van der Waals surface area contributed by atoms with Crippen LogP contribution in [0.5, 0.6) is 5.75 Å². The zero-order chi connectivity index (χ0) is 19.0. The van der Waals surface area contributed by atoms with Crippen LogP contribution >= 0.6 is 11.6 Å². The zero-order valence-corrected chi connectivity index (χ0v) is 15.5. The minimum Gasteiger partial charge on any atom is -0.508 e. The monoisotopic (exact) mass is 375 g/mol. The topological polar surface area (TPSA) is 53.1 Å².